The van der Waals surface area contributed by atoms with E-state index >= 15 is 0 Å². The Morgan fingerprint density at radius 1 is 1.03 bits per heavy atom. The van der Waals surface area contributed by atoms with E-state index in [4.69, 9.17) is 0 Å². The molecule has 2 N–H and O–H groups in total. The third-order valence-electron chi connectivity index (χ3n) is 4.88. The summed E-state index contributed by atoms with van der Waals surface area (Å²) in [5, 5.41) is 0. The lowest BCUT2D eigenvalue weighted by Crippen LogP contribution is -2.22. The van der Waals surface area contributed by atoms with Gasteiger partial charge in [-0.25, -0.2) is 9.19 Å². The van der Waals surface area contributed by atoms with Crippen LogP contribution in [0.3, 0.4) is 0 Å². The molecule has 0 amide bonds. The molecule has 0 aliphatic heterocycles. The smallest absolute Gasteiger partial charge is 0.338 e. The molecule has 1 atom stereocenters. The van der Waals surface area contributed by atoms with Gasteiger partial charge in [0.15, 0.2) is 5.78 Å². The molecule has 0 saturated carbocycles. The zero-order valence-corrected chi connectivity index (χ0v) is 18.1. The molecule has 0 aliphatic rings. The summed E-state index contributed by atoms with van der Waals surface area (Å²) in [5.41, 5.74) is -0.0418. The van der Waals surface area contributed by atoms with E-state index in [-0.39, 0.29) is 11.5 Å². The number of anilines is 1. The first-order valence-corrected chi connectivity index (χ1v) is 11.0. The first-order valence-electron chi connectivity index (χ1n) is 9.84. The van der Waals surface area contributed by atoms with Crippen molar-refractivity contribution in [3.63, 3.8) is 0 Å². The zero-order chi connectivity index (χ0) is 23.6. The lowest BCUT2D eigenvalue weighted by molar-refractivity contribution is -0.0379. The first-order chi connectivity index (χ1) is 15.7. The number of alkyl halides is 3. The van der Waals surface area contributed by atoms with Crippen LogP contribution in [-0.2, 0) is 11.0 Å². The van der Waals surface area contributed by atoms with E-state index in [1.165, 1.54) is 19.1 Å². The third-order valence-corrected chi connectivity index (χ3v) is 5.72. The number of benzene rings is 3. The minimum absolute atomic E-state index is 0.00945. The quantitative estimate of drug-likeness (QED) is 0.330. The van der Waals surface area contributed by atoms with Crippen molar-refractivity contribution in [3.05, 3.63) is 83.7 Å². The molecule has 0 spiro atoms. The standard InChI is InChI=1S/C24H18F3N3O2S/c1-15(31)19-4-2-3-5-20(19)17-9-12-21-22(14-17)29-23(28-21)13-8-16-6-10-18(11-7-16)30-33(32)24(25,26)27/h2-14,30H,1H3,(H,28,29)/b13-8+. The second-order valence-corrected chi connectivity index (χ2v) is 8.43. The molecule has 1 unspecified atom stereocenters. The van der Waals surface area contributed by atoms with Gasteiger partial charge in [-0.2, -0.15) is 13.2 Å². The highest BCUT2D eigenvalue weighted by atomic mass is 32.2. The highest BCUT2D eigenvalue weighted by molar-refractivity contribution is 7.87. The lowest BCUT2D eigenvalue weighted by Gasteiger charge is -2.08. The van der Waals surface area contributed by atoms with Crippen molar-refractivity contribution in [3.8, 4) is 11.1 Å². The molecule has 3 aromatic carbocycles. The van der Waals surface area contributed by atoms with E-state index in [2.05, 4.69) is 9.97 Å². The van der Waals surface area contributed by atoms with Crippen LogP contribution in [0.5, 0.6) is 0 Å². The average molecular weight is 469 g/mol. The summed E-state index contributed by atoms with van der Waals surface area (Å²) in [6.45, 7) is 1.54. The number of imidazole rings is 1. The van der Waals surface area contributed by atoms with Crippen LogP contribution in [-0.4, -0.2) is 25.5 Å². The average Bonchev–Trinajstić information content (AvgIpc) is 3.20. The number of carbonyl (C=O) groups is 1. The van der Waals surface area contributed by atoms with Crippen molar-refractivity contribution in [2.24, 2.45) is 0 Å². The third kappa shape index (κ3) is 5.20. The molecular weight excluding hydrogens is 451 g/mol. The minimum atomic E-state index is -4.83. The summed E-state index contributed by atoms with van der Waals surface area (Å²) in [6, 6.07) is 19.2. The van der Waals surface area contributed by atoms with Gasteiger partial charge < -0.3 is 4.98 Å². The molecule has 5 nitrogen and oxygen atoms in total. The molecule has 33 heavy (non-hydrogen) atoms. The van der Waals surface area contributed by atoms with Crippen molar-refractivity contribution < 1.29 is 22.2 Å². The number of halogens is 3. The molecule has 0 fully saturated rings. The van der Waals surface area contributed by atoms with Crippen LogP contribution in [0.1, 0.15) is 28.7 Å². The molecular formula is C24H18F3N3O2S. The molecule has 1 aromatic heterocycles. The summed E-state index contributed by atoms with van der Waals surface area (Å²) < 4.78 is 50.2. The van der Waals surface area contributed by atoms with Crippen LogP contribution in [0.25, 0.3) is 34.3 Å². The number of rotatable bonds is 6. The second-order valence-electron chi connectivity index (χ2n) is 7.23. The van der Waals surface area contributed by atoms with Crippen molar-refractivity contribution in [1.29, 1.82) is 0 Å². The Morgan fingerprint density at radius 2 is 1.76 bits per heavy atom. The number of carbonyl (C=O) groups excluding carboxylic acids is 1. The highest BCUT2D eigenvalue weighted by Crippen LogP contribution is 2.27. The molecule has 1 heterocycles. The molecule has 0 radical (unpaired) electrons. The zero-order valence-electron chi connectivity index (χ0n) is 17.3. The van der Waals surface area contributed by atoms with Gasteiger partial charge >= 0.3 is 5.51 Å². The Kier molecular flexibility index (Phi) is 6.15. The van der Waals surface area contributed by atoms with Gasteiger partial charge in [-0.1, -0.05) is 48.5 Å². The van der Waals surface area contributed by atoms with Gasteiger partial charge in [0, 0.05) is 11.3 Å². The number of H-pyrrole nitrogens is 1. The Balaban J connectivity index is 1.53. The Labute approximate surface area is 190 Å². The van der Waals surface area contributed by atoms with E-state index in [1.54, 1.807) is 30.4 Å². The number of hydrogen-bond acceptors (Lipinski definition) is 3. The van der Waals surface area contributed by atoms with Crippen LogP contribution >= 0.6 is 0 Å². The maximum atomic E-state index is 12.4. The van der Waals surface area contributed by atoms with Crippen molar-refractivity contribution in [2.45, 2.75) is 12.4 Å². The number of aromatic amines is 1. The molecule has 9 heteroatoms. The maximum absolute atomic E-state index is 12.4. The fourth-order valence-corrected chi connectivity index (χ4v) is 3.79. The summed E-state index contributed by atoms with van der Waals surface area (Å²) in [5.74, 6) is 0.590. The van der Waals surface area contributed by atoms with Crippen LogP contribution < -0.4 is 4.72 Å². The number of aromatic nitrogens is 2. The van der Waals surface area contributed by atoms with E-state index < -0.39 is 16.5 Å². The summed E-state index contributed by atoms with van der Waals surface area (Å²) >= 11 is 0. The molecule has 0 saturated heterocycles. The number of nitrogens with one attached hydrogen (secondary N) is 2. The van der Waals surface area contributed by atoms with Gasteiger partial charge in [-0.15, -0.1) is 0 Å². The van der Waals surface area contributed by atoms with Crippen LogP contribution in [0.4, 0.5) is 18.9 Å². The normalized spacial score (nSPS) is 12.8. The largest absolute Gasteiger partial charge is 0.490 e. The van der Waals surface area contributed by atoms with Crippen molar-refractivity contribution in [1.82, 2.24) is 9.97 Å². The van der Waals surface area contributed by atoms with Gasteiger partial charge in [0.25, 0.3) is 0 Å². The Bertz CT molecular complexity index is 1380. The number of nitrogens with zero attached hydrogens (tertiary/aromatic N) is 1. The SMILES string of the molecule is CC(=O)c1ccccc1-c1ccc2nc(/C=C/c3ccc(NS(=O)C(F)(F)F)cc3)[nH]c2c1. The predicted octanol–water partition coefficient (Wildman–Crippen LogP) is 6.20. The number of fused-ring (bicyclic) bond motifs is 1. The topological polar surface area (TPSA) is 74.8 Å². The Morgan fingerprint density at radius 3 is 2.45 bits per heavy atom. The van der Waals surface area contributed by atoms with Crippen molar-refractivity contribution in [2.75, 3.05) is 4.72 Å². The van der Waals surface area contributed by atoms with Gasteiger partial charge in [-0.3, -0.25) is 9.52 Å². The van der Waals surface area contributed by atoms with Crippen LogP contribution in [0, 0.1) is 0 Å². The van der Waals surface area contributed by atoms with Gasteiger partial charge in [0.1, 0.15) is 5.82 Å². The fourth-order valence-electron chi connectivity index (χ4n) is 3.32. The molecule has 168 valence electrons. The van der Waals surface area contributed by atoms with Crippen molar-refractivity contribution >= 4 is 45.6 Å². The fraction of sp³-hybridized carbons (Fsp3) is 0.0833. The summed E-state index contributed by atoms with van der Waals surface area (Å²) in [6.07, 6.45) is 3.51. The first kappa shape index (κ1) is 22.5. The minimum Gasteiger partial charge on any atom is -0.338 e. The number of ketones is 1. The van der Waals surface area contributed by atoms with E-state index in [0.717, 1.165) is 27.7 Å². The Hall–Kier alpha value is -3.72. The summed E-state index contributed by atoms with van der Waals surface area (Å²) in [4.78, 5) is 19.7. The lowest BCUT2D eigenvalue weighted by atomic mass is 9.97. The predicted molar refractivity (Wildman–Crippen MR) is 125 cm³/mol. The number of Topliss-reactive ketones (excluding diaryl/α,β-unsaturated/α-hetero) is 1. The van der Waals surface area contributed by atoms with E-state index in [0.29, 0.717) is 11.4 Å². The molecule has 4 aromatic rings. The van der Waals surface area contributed by atoms with Gasteiger partial charge in [0.2, 0.25) is 11.0 Å². The van der Waals surface area contributed by atoms with Gasteiger partial charge in [0.05, 0.1) is 11.0 Å². The maximum Gasteiger partial charge on any atom is 0.490 e. The monoisotopic (exact) mass is 469 g/mol. The van der Waals surface area contributed by atoms with Crippen LogP contribution in [0.15, 0.2) is 66.7 Å². The molecule has 0 aliphatic carbocycles. The second kappa shape index (κ2) is 9.03. The van der Waals surface area contributed by atoms with E-state index in [1.807, 2.05) is 41.1 Å². The highest BCUT2D eigenvalue weighted by Gasteiger charge is 2.37. The summed E-state index contributed by atoms with van der Waals surface area (Å²) in [7, 11) is -3.16. The van der Waals surface area contributed by atoms with Gasteiger partial charge in [-0.05, 0) is 54.0 Å². The number of hydrogen-bond donors (Lipinski definition) is 2. The molecule has 0 bridgehead atoms. The molecule has 4 rings (SSSR count). The van der Waals surface area contributed by atoms with Crippen LogP contribution in [0.2, 0.25) is 0 Å². The van der Waals surface area contributed by atoms with E-state index in [9.17, 15) is 22.2 Å².